The minimum absolute atomic E-state index is 0.0114. The molecule has 130 valence electrons. The highest BCUT2D eigenvalue weighted by Crippen LogP contribution is 2.34. The average Bonchev–Trinajstić information content (AvgIpc) is 2.97. The fourth-order valence-electron chi connectivity index (χ4n) is 3.69. The molecule has 1 atom stereocenters. The molecule has 2 aliphatic rings. The van der Waals surface area contributed by atoms with Crippen molar-refractivity contribution in [3.8, 4) is 5.75 Å². The van der Waals surface area contributed by atoms with Gasteiger partial charge in [-0.15, -0.1) is 0 Å². The Balaban J connectivity index is 1.69. The van der Waals surface area contributed by atoms with Crippen LogP contribution < -0.4 is 15.0 Å². The normalized spacial score (nSPS) is 21.8. The number of methoxy groups -OCH3 is 1. The van der Waals surface area contributed by atoms with Gasteiger partial charge in [0.15, 0.2) is 0 Å². The topological polar surface area (TPSA) is 58.6 Å². The molecule has 1 aromatic rings. The quantitative estimate of drug-likeness (QED) is 0.923. The number of hydrogen-bond acceptors (Lipinski definition) is 3. The van der Waals surface area contributed by atoms with E-state index in [4.69, 9.17) is 4.74 Å². The summed E-state index contributed by atoms with van der Waals surface area (Å²) in [6.07, 6.45) is 6.01. The predicted octanol–water partition coefficient (Wildman–Crippen LogP) is 2.81. The van der Waals surface area contributed by atoms with E-state index in [-0.39, 0.29) is 30.2 Å². The second-order valence-corrected chi connectivity index (χ2v) is 6.92. The Morgan fingerprint density at radius 3 is 2.71 bits per heavy atom. The van der Waals surface area contributed by atoms with E-state index in [1.54, 1.807) is 12.0 Å². The van der Waals surface area contributed by atoms with Gasteiger partial charge in [0.2, 0.25) is 11.8 Å². The second kappa shape index (κ2) is 7.24. The van der Waals surface area contributed by atoms with E-state index in [0.717, 1.165) is 24.1 Å². The van der Waals surface area contributed by atoms with Crippen LogP contribution >= 0.6 is 0 Å². The average molecular weight is 330 g/mol. The van der Waals surface area contributed by atoms with E-state index in [1.165, 1.54) is 19.3 Å². The first-order chi connectivity index (χ1) is 11.6. The highest BCUT2D eigenvalue weighted by molar-refractivity contribution is 6.01. The Morgan fingerprint density at radius 1 is 1.25 bits per heavy atom. The number of hydrogen-bond donors (Lipinski definition) is 1. The summed E-state index contributed by atoms with van der Waals surface area (Å²) < 4.78 is 5.38. The number of rotatable bonds is 4. The van der Waals surface area contributed by atoms with Gasteiger partial charge in [0, 0.05) is 19.0 Å². The van der Waals surface area contributed by atoms with Crippen molar-refractivity contribution in [1.82, 2.24) is 5.32 Å². The molecule has 24 heavy (non-hydrogen) atoms. The highest BCUT2D eigenvalue weighted by atomic mass is 16.5. The fraction of sp³-hybridized carbons (Fsp3) is 0.579. The van der Waals surface area contributed by atoms with Gasteiger partial charge in [0.25, 0.3) is 0 Å². The summed E-state index contributed by atoms with van der Waals surface area (Å²) in [6, 6.07) is 6.05. The number of nitrogens with one attached hydrogen (secondary N) is 1. The summed E-state index contributed by atoms with van der Waals surface area (Å²) in [5.41, 5.74) is 1.82. The third-order valence-electron chi connectivity index (χ3n) is 5.07. The number of nitrogens with zero attached hydrogens (tertiary/aromatic N) is 1. The van der Waals surface area contributed by atoms with Crippen LogP contribution in [0.4, 0.5) is 5.69 Å². The first-order valence-electron chi connectivity index (χ1n) is 8.84. The summed E-state index contributed by atoms with van der Waals surface area (Å²) in [5, 5.41) is 3.14. The van der Waals surface area contributed by atoms with Crippen molar-refractivity contribution >= 4 is 17.5 Å². The molecule has 2 amide bonds. The van der Waals surface area contributed by atoms with Crippen LogP contribution in [0, 0.1) is 12.8 Å². The molecule has 0 spiro atoms. The lowest BCUT2D eigenvalue weighted by Gasteiger charge is -2.24. The zero-order chi connectivity index (χ0) is 17.1. The Labute approximate surface area is 143 Å². The summed E-state index contributed by atoms with van der Waals surface area (Å²) in [4.78, 5) is 26.7. The SMILES string of the molecule is COc1ccc(C)cc1N1CC(C(=O)NC2CCCCC2)CC1=O. The summed E-state index contributed by atoms with van der Waals surface area (Å²) in [6.45, 7) is 2.41. The lowest BCUT2D eigenvalue weighted by Crippen LogP contribution is -2.40. The lowest BCUT2D eigenvalue weighted by atomic mass is 9.95. The van der Waals surface area contributed by atoms with E-state index >= 15 is 0 Å². The third kappa shape index (κ3) is 3.55. The molecule has 5 nitrogen and oxygen atoms in total. The van der Waals surface area contributed by atoms with E-state index in [1.807, 2.05) is 25.1 Å². The molecule has 1 aliphatic heterocycles. The Morgan fingerprint density at radius 2 is 2.00 bits per heavy atom. The number of anilines is 1. The largest absolute Gasteiger partial charge is 0.495 e. The van der Waals surface area contributed by atoms with Crippen LogP contribution in [-0.2, 0) is 9.59 Å². The molecule has 0 bridgehead atoms. The van der Waals surface area contributed by atoms with Gasteiger partial charge in [-0.25, -0.2) is 0 Å². The van der Waals surface area contributed by atoms with E-state index in [0.29, 0.717) is 12.3 Å². The van der Waals surface area contributed by atoms with Gasteiger partial charge in [0.1, 0.15) is 5.75 Å². The van der Waals surface area contributed by atoms with Gasteiger partial charge < -0.3 is 15.0 Å². The summed E-state index contributed by atoms with van der Waals surface area (Å²) in [5.74, 6) is 0.402. The van der Waals surface area contributed by atoms with E-state index < -0.39 is 0 Å². The molecule has 5 heteroatoms. The minimum atomic E-state index is -0.273. The predicted molar refractivity (Wildman–Crippen MR) is 93.2 cm³/mol. The molecule has 1 aromatic carbocycles. The van der Waals surface area contributed by atoms with Crippen LogP contribution in [0.2, 0.25) is 0 Å². The molecule has 1 unspecified atom stereocenters. The molecule has 1 heterocycles. The van der Waals surface area contributed by atoms with Crippen molar-refractivity contribution in [3.05, 3.63) is 23.8 Å². The maximum Gasteiger partial charge on any atom is 0.227 e. The first kappa shape index (κ1) is 16.8. The van der Waals surface area contributed by atoms with Crippen LogP contribution in [0.1, 0.15) is 44.1 Å². The maximum atomic E-state index is 12.5. The first-order valence-corrected chi connectivity index (χ1v) is 8.84. The Kier molecular flexibility index (Phi) is 5.07. The van der Waals surface area contributed by atoms with Gasteiger partial charge in [0.05, 0.1) is 18.7 Å². The monoisotopic (exact) mass is 330 g/mol. The summed E-state index contributed by atoms with van der Waals surface area (Å²) in [7, 11) is 1.60. The van der Waals surface area contributed by atoms with Crippen LogP contribution in [0.15, 0.2) is 18.2 Å². The molecule has 1 aliphatic carbocycles. The van der Waals surface area contributed by atoms with Crippen molar-refractivity contribution < 1.29 is 14.3 Å². The van der Waals surface area contributed by atoms with Crippen LogP contribution in [0.5, 0.6) is 5.75 Å². The molecule has 1 N–H and O–H groups in total. The van der Waals surface area contributed by atoms with Crippen molar-refractivity contribution in [2.45, 2.75) is 51.5 Å². The molecule has 0 aromatic heterocycles. The molecule has 1 saturated heterocycles. The zero-order valence-electron chi connectivity index (χ0n) is 14.5. The lowest BCUT2D eigenvalue weighted by molar-refractivity contribution is -0.127. The van der Waals surface area contributed by atoms with Crippen molar-refractivity contribution in [1.29, 1.82) is 0 Å². The smallest absolute Gasteiger partial charge is 0.227 e. The standard InChI is InChI=1S/C19H26N2O3/c1-13-8-9-17(24-2)16(10-13)21-12-14(11-18(21)22)19(23)20-15-6-4-3-5-7-15/h8-10,14-15H,3-7,11-12H2,1-2H3,(H,20,23). The van der Waals surface area contributed by atoms with Crippen LogP contribution in [0.3, 0.4) is 0 Å². The Hall–Kier alpha value is -2.04. The van der Waals surface area contributed by atoms with E-state index in [2.05, 4.69) is 5.32 Å². The van der Waals surface area contributed by atoms with Crippen molar-refractivity contribution in [3.63, 3.8) is 0 Å². The van der Waals surface area contributed by atoms with Crippen molar-refractivity contribution in [2.75, 3.05) is 18.6 Å². The fourth-order valence-corrected chi connectivity index (χ4v) is 3.69. The number of ether oxygens (including phenoxy) is 1. The van der Waals surface area contributed by atoms with E-state index in [9.17, 15) is 9.59 Å². The molecule has 3 rings (SSSR count). The second-order valence-electron chi connectivity index (χ2n) is 6.92. The van der Waals surface area contributed by atoms with Gasteiger partial charge in [-0.05, 0) is 37.5 Å². The summed E-state index contributed by atoms with van der Waals surface area (Å²) >= 11 is 0. The van der Waals surface area contributed by atoms with Gasteiger partial charge >= 0.3 is 0 Å². The van der Waals surface area contributed by atoms with Gasteiger partial charge in [-0.3, -0.25) is 9.59 Å². The van der Waals surface area contributed by atoms with Gasteiger partial charge in [-0.1, -0.05) is 25.3 Å². The number of amides is 2. The molecule has 1 saturated carbocycles. The minimum Gasteiger partial charge on any atom is -0.495 e. The number of benzene rings is 1. The van der Waals surface area contributed by atoms with Gasteiger partial charge in [-0.2, -0.15) is 0 Å². The zero-order valence-corrected chi connectivity index (χ0v) is 14.5. The molecular formula is C19H26N2O3. The Bertz CT molecular complexity index is 623. The number of aryl methyl sites for hydroxylation is 1. The third-order valence-corrected chi connectivity index (χ3v) is 5.07. The molecule has 0 radical (unpaired) electrons. The highest BCUT2D eigenvalue weighted by Gasteiger charge is 2.37. The number of carbonyl (C=O) groups excluding carboxylic acids is 2. The maximum absolute atomic E-state index is 12.5. The van der Waals surface area contributed by atoms with Crippen molar-refractivity contribution in [2.24, 2.45) is 5.92 Å². The molecular weight excluding hydrogens is 304 g/mol. The molecule has 2 fully saturated rings. The number of carbonyl (C=O) groups is 2. The van der Waals surface area contributed by atoms with Crippen LogP contribution in [-0.4, -0.2) is 31.5 Å². The van der Waals surface area contributed by atoms with Crippen LogP contribution in [0.25, 0.3) is 0 Å².